The number of aryl methyl sites for hydroxylation is 1. The number of hydrazone groups is 1. The molecule has 1 aromatic heterocycles. The van der Waals surface area contributed by atoms with Gasteiger partial charge in [-0.25, -0.2) is 5.43 Å². The van der Waals surface area contributed by atoms with Crippen LogP contribution in [0.4, 0.5) is 0 Å². The number of hydrogen-bond donors (Lipinski definition) is 2. The maximum absolute atomic E-state index is 11.9. The Morgan fingerprint density at radius 2 is 1.92 bits per heavy atom. The number of aromatic amines is 1. The Morgan fingerprint density at radius 1 is 1.16 bits per heavy atom. The van der Waals surface area contributed by atoms with Gasteiger partial charge in [-0.2, -0.15) is 10.2 Å². The third kappa shape index (κ3) is 4.78. The number of nitrogens with one attached hydrogen (secondary N) is 2. The van der Waals surface area contributed by atoms with Gasteiger partial charge in [0.2, 0.25) is 5.91 Å². The Morgan fingerprint density at radius 3 is 2.68 bits per heavy atom. The van der Waals surface area contributed by atoms with Crippen molar-refractivity contribution < 1.29 is 4.79 Å². The fourth-order valence-corrected chi connectivity index (χ4v) is 2.50. The molecule has 25 heavy (non-hydrogen) atoms. The largest absolute Gasteiger partial charge is 0.277 e. The van der Waals surface area contributed by atoms with E-state index in [1.54, 1.807) is 12.4 Å². The molecule has 1 amide bonds. The Kier molecular flexibility index (Phi) is 5.59. The van der Waals surface area contributed by atoms with Crippen LogP contribution in [-0.2, 0) is 11.2 Å². The van der Waals surface area contributed by atoms with E-state index < -0.39 is 0 Å². The van der Waals surface area contributed by atoms with E-state index in [2.05, 4.69) is 20.7 Å². The summed E-state index contributed by atoms with van der Waals surface area (Å²) < 4.78 is 0. The second kappa shape index (κ2) is 8.26. The van der Waals surface area contributed by atoms with Crippen LogP contribution >= 0.6 is 11.6 Å². The molecule has 0 aliphatic carbocycles. The summed E-state index contributed by atoms with van der Waals surface area (Å²) in [6, 6.07) is 17.3. The standard InChI is InChI=1S/C19H17ClN4O/c20-17-9-7-15(8-10-17)19-16(13-22-24-19)12-21-23-18(25)11-6-14-4-2-1-3-5-14/h1-5,7-10,12-13H,6,11H2,(H,22,24)(H,23,25)/b21-12+. The van der Waals surface area contributed by atoms with E-state index in [9.17, 15) is 4.79 Å². The SMILES string of the molecule is O=C(CCc1ccccc1)N/N=C/c1cn[nH]c1-c1ccc(Cl)cc1. The number of hydrogen-bond acceptors (Lipinski definition) is 3. The average molecular weight is 353 g/mol. The van der Waals surface area contributed by atoms with Gasteiger partial charge in [-0.1, -0.05) is 54.1 Å². The lowest BCUT2D eigenvalue weighted by molar-refractivity contribution is -0.121. The Hall–Kier alpha value is -2.92. The van der Waals surface area contributed by atoms with Gasteiger partial charge in [0, 0.05) is 22.6 Å². The molecule has 0 saturated carbocycles. The molecule has 3 aromatic rings. The van der Waals surface area contributed by atoms with Crippen LogP contribution in [0.15, 0.2) is 65.9 Å². The van der Waals surface area contributed by atoms with Crippen LogP contribution in [0.25, 0.3) is 11.3 Å². The first-order chi connectivity index (χ1) is 12.2. The molecule has 0 bridgehead atoms. The van der Waals surface area contributed by atoms with Gasteiger partial charge in [-0.15, -0.1) is 0 Å². The molecule has 2 N–H and O–H groups in total. The summed E-state index contributed by atoms with van der Waals surface area (Å²) in [5.41, 5.74) is 6.22. The number of benzene rings is 2. The van der Waals surface area contributed by atoms with E-state index in [1.165, 1.54) is 0 Å². The minimum atomic E-state index is -0.128. The Labute approximate surface area is 150 Å². The topological polar surface area (TPSA) is 70.1 Å². The van der Waals surface area contributed by atoms with Crippen LogP contribution < -0.4 is 5.43 Å². The van der Waals surface area contributed by atoms with Crippen molar-refractivity contribution in [3.8, 4) is 11.3 Å². The van der Waals surface area contributed by atoms with E-state index in [0.29, 0.717) is 17.9 Å². The van der Waals surface area contributed by atoms with Gasteiger partial charge >= 0.3 is 0 Å². The van der Waals surface area contributed by atoms with Crippen molar-refractivity contribution in [1.29, 1.82) is 0 Å². The molecular formula is C19H17ClN4O. The second-order valence-corrected chi connectivity index (χ2v) is 5.92. The minimum absolute atomic E-state index is 0.128. The summed E-state index contributed by atoms with van der Waals surface area (Å²) in [7, 11) is 0. The minimum Gasteiger partial charge on any atom is -0.277 e. The lowest BCUT2D eigenvalue weighted by Crippen LogP contribution is -2.17. The van der Waals surface area contributed by atoms with E-state index >= 15 is 0 Å². The number of aromatic nitrogens is 2. The van der Waals surface area contributed by atoms with Gasteiger partial charge in [0.15, 0.2) is 0 Å². The van der Waals surface area contributed by atoms with Crippen molar-refractivity contribution >= 4 is 23.7 Å². The van der Waals surface area contributed by atoms with E-state index in [1.807, 2.05) is 54.6 Å². The Bertz CT molecular complexity index is 857. The monoisotopic (exact) mass is 352 g/mol. The molecule has 0 spiro atoms. The first-order valence-corrected chi connectivity index (χ1v) is 8.25. The van der Waals surface area contributed by atoms with Gasteiger partial charge in [0.1, 0.15) is 0 Å². The zero-order valence-corrected chi connectivity index (χ0v) is 14.2. The smallest absolute Gasteiger partial charge is 0.240 e. The average Bonchev–Trinajstić information content (AvgIpc) is 3.10. The summed E-state index contributed by atoms with van der Waals surface area (Å²) in [4.78, 5) is 11.9. The zero-order valence-electron chi connectivity index (χ0n) is 13.4. The van der Waals surface area contributed by atoms with Gasteiger partial charge in [0.25, 0.3) is 0 Å². The van der Waals surface area contributed by atoms with Crippen LogP contribution in [0.2, 0.25) is 5.02 Å². The zero-order chi connectivity index (χ0) is 17.5. The summed E-state index contributed by atoms with van der Waals surface area (Å²) in [5.74, 6) is -0.128. The van der Waals surface area contributed by atoms with Crippen LogP contribution in [0.1, 0.15) is 17.5 Å². The summed E-state index contributed by atoms with van der Waals surface area (Å²) in [6.07, 6.45) is 4.30. The summed E-state index contributed by atoms with van der Waals surface area (Å²) in [5, 5.41) is 11.7. The lowest BCUT2D eigenvalue weighted by atomic mass is 10.1. The van der Waals surface area contributed by atoms with Gasteiger partial charge in [0.05, 0.1) is 18.1 Å². The predicted molar refractivity (Wildman–Crippen MR) is 99.5 cm³/mol. The fourth-order valence-electron chi connectivity index (χ4n) is 2.37. The van der Waals surface area contributed by atoms with Crippen molar-refractivity contribution in [2.24, 2.45) is 5.10 Å². The molecular weight excluding hydrogens is 336 g/mol. The number of carbonyl (C=O) groups is 1. The molecule has 0 aliphatic rings. The van der Waals surface area contributed by atoms with Gasteiger partial charge in [-0.05, 0) is 24.1 Å². The van der Waals surface area contributed by atoms with Crippen LogP contribution in [0.3, 0.4) is 0 Å². The number of amides is 1. The molecule has 6 heteroatoms. The molecule has 0 radical (unpaired) electrons. The number of rotatable bonds is 6. The first kappa shape index (κ1) is 16.9. The van der Waals surface area contributed by atoms with Gasteiger partial charge < -0.3 is 0 Å². The van der Waals surface area contributed by atoms with E-state index in [-0.39, 0.29) is 5.91 Å². The van der Waals surface area contributed by atoms with Crippen LogP contribution in [0, 0.1) is 0 Å². The van der Waals surface area contributed by atoms with Crippen molar-refractivity contribution in [2.45, 2.75) is 12.8 Å². The highest BCUT2D eigenvalue weighted by atomic mass is 35.5. The molecule has 0 fully saturated rings. The molecule has 0 saturated heterocycles. The highest BCUT2D eigenvalue weighted by molar-refractivity contribution is 6.30. The maximum Gasteiger partial charge on any atom is 0.240 e. The lowest BCUT2D eigenvalue weighted by Gasteiger charge is -2.01. The van der Waals surface area contributed by atoms with Crippen LogP contribution in [0.5, 0.6) is 0 Å². The molecule has 0 atom stereocenters. The quantitative estimate of drug-likeness (QED) is 0.523. The third-order valence-electron chi connectivity index (χ3n) is 3.68. The van der Waals surface area contributed by atoms with Crippen molar-refractivity contribution in [2.75, 3.05) is 0 Å². The number of H-pyrrole nitrogens is 1. The molecule has 5 nitrogen and oxygen atoms in total. The van der Waals surface area contributed by atoms with Crippen molar-refractivity contribution in [3.05, 3.63) is 76.9 Å². The molecule has 0 unspecified atom stereocenters. The second-order valence-electron chi connectivity index (χ2n) is 5.49. The number of carbonyl (C=O) groups excluding carboxylic acids is 1. The Balaban J connectivity index is 1.57. The normalized spacial score (nSPS) is 10.9. The van der Waals surface area contributed by atoms with Crippen molar-refractivity contribution in [3.63, 3.8) is 0 Å². The molecule has 2 aromatic carbocycles. The highest BCUT2D eigenvalue weighted by Crippen LogP contribution is 2.21. The van der Waals surface area contributed by atoms with Gasteiger partial charge in [-0.3, -0.25) is 9.89 Å². The molecule has 0 aliphatic heterocycles. The summed E-state index contributed by atoms with van der Waals surface area (Å²) >= 11 is 5.91. The highest BCUT2D eigenvalue weighted by Gasteiger charge is 2.06. The number of halogens is 1. The van der Waals surface area contributed by atoms with Crippen molar-refractivity contribution in [1.82, 2.24) is 15.6 Å². The molecule has 1 heterocycles. The number of nitrogens with zero attached hydrogens (tertiary/aromatic N) is 2. The van der Waals surface area contributed by atoms with E-state index in [4.69, 9.17) is 11.6 Å². The summed E-state index contributed by atoms with van der Waals surface area (Å²) in [6.45, 7) is 0. The third-order valence-corrected chi connectivity index (χ3v) is 3.93. The van der Waals surface area contributed by atoms with E-state index in [0.717, 1.165) is 22.4 Å². The predicted octanol–water partition coefficient (Wildman–Crippen LogP) is 3.81. The molecule has 126 valence electrons. The fraction of sp³-hybridized carbons (Fsp3) is 0.105. The molecule has 3 rings (SSSR count). The first-order valence-electron chi connectivity index (χ1n) is 7.87. The van der Waals surface area contributed by atoms with Crippen LogP contribution in [-0.4, -0.2) is 22.3 Å². The maximum atomic E-state index is 11.9.